The molecule has 2 fully saturated rings. The van der Waals surface area contributed by atoms with Gasteiger partial charge in [0.05, 0.1) is 11.0 Å². The minimum absolute atomic E-state index is 0.223. The lowest BCUT2D eigenvalue weighted by molar-refractivity contribution is -0.135. The van der Waals surface area contributed by atoms with Crippen molar-refractivity contribution in [1.29, 1.82) is 0 Å². The SMILES string of the molecule is Cn1c(=O)n(C2CCC(=O)NC2=O)c2ccc(CCCOCCCCN3CCN(C(=O)O)CC3)cc21. The Bertz CT molecular complexity index is 1160. The summed E-state index contributed by atoms with van der Waals surface area (Å²) in [5.74, 6) is -0.729. The molecule has 3 heterocycles. The van der Waals surface area contributed by atoms with Gasteiger partial charge in [-0.3, -0.25) is 28.9 Å². The van der Waals surface area contributed by atoms with Gasteiger partial charge in [-0.1, -0.05) is 6.07 Å². The minimum atomic E-state index is -0.836. The van der Waals surface area contributed by atoms with E-state index >= 15 is 0 Å². The van der Waals surface area contributed by atoms with Crippen LogP contribution in [0.4, 0.5) is 4.79 Å². The fourth-order valence-corrected chi connectivity index (χ4v) is 4.98. The van der Waals surface area contributed by atoms with E-state index in [-0.39, 0.29) is 18.0 Å². The smallest absolute Gasteiger partial charge is 0.407 e. The first-order valence-corrected chi connectivity index (χ1v) is 12.7. The number of ether oxygens (including phenoxy) is 1. The normalized spacial score (nSPS) is 19.1. The molecule has 11 nitrogen and oxygen atoms in total. The van der Waals surface area contributed by atoms with Crippen LogP contribution in [0, 0.1) is 0 Å². The number of carboxylic acid groups (broad SMARTS) is 1. The predicted octanol–water partition coefficient (Wildman–Crippen LogP) is 1.34. The number of fused-ring (bicyclic) bond motifs is 1. The number of amides is 3. The maximum absolute atomic E-state index is 12.9. The second-order valence-corrected chi connectivity index (χ2v) is 9.54. The van der Waals surface area contributed by atoms with Crippen LogP contribution in [0.25, 0.3) is 11.0 Å². The number of unbranched alkanes of at least 4 members (excludes halogenated alkanes) is 1. The van der Waals surface area contributed by atoms with Gasteiger partial charge in [-0.25, -0.2) is 9.59 Å². The summed E-state index contributed by atoms with van der Waals surface area (Å²) in [6.45, 7) is 5.07. The van der Waals surface area contributed by atoms with Crippen LogP contribution in [-0.4, -0.2) is 87.9 Å². The maximum atomic E-state index is 12.9. The van der Waals surface area contributed by atoms with Crippen molar-refractivity contribution in [1.82, 2.24) is 24.3 Å². The van der Waals surface area contributed by atoms with Crippen LogP contribution in [0.15, 0.2) is 23.0 Å². The number of aromatic nitrogens is 2. The van der Waals surface area contributed by atoms with Gasteiger partial charge in [-0.15, -0.1) is 0 Å². The van der Waals surface area contributed by atoms with E-state index in [1.165, 1.54) is 9.47 Å². The van der Waals surface area contributed by atoms with Gasteiger partial charge >= 0.3 is 11.8 Å². The Morgan fingerprint density at radius 3 is 2.53 bits per heavy atom. The topological polar surface area (TPSA) is 126 Å². The third kappa shape index (κ3) is 5.96. The number of hydrogen-bond acceptors (Lipinski definition) is 6. The number of rotatable bonds is 10. The number of nitrogens with zero attached hydrogens (tertiary/aromatic N) is 4. The number of piperazine rings is 1. The average molecular weight is 502 g/mol. The van der Waals surface area contributed by atoms with Gasteiger partial charge < -0.3 is 14.7 Å². The average Bonchev–Trinajstić information content (AvgIpc) is 3.10. The zero-order valence-corrected chi connectivity index (χ0v) is 20.8. The van der Waals surface area contributed by atoms with Crippen molar-refractivity contribution in [3.63, 3.8) is 0 Å². The van der Waals surface area contributed by atoms with Gasteiger partial charge in [0.15, 0.2) is 0 Å². The molecule has 1 atom stereocenters. The van der Waals surface area contributed by atoms with Crippen molar-refractivity contribution >= 4 is 28.9 Å². The highest BCUT2D eigenvalue weighted by molar-refractivity contribution is 6.00. The van der Waals surface area contributed by atoms with E-state index in [1.54, 1.807) is 11.6 Å². The zero-order valence-electron chi connectivity index (χ0n) is 20.8. The molecule has 3 amide bonds. The molecule has 0 saturated carbocycles. The highest BCUT2D eigenvalue weighted by atomic mass is 16.5. The van der Waals surface area contributed by atoms with Gasteiger partial charge in [0.25, 0.3) is 0 Å². The molecule has 196 valence electrons. The number of imidazole rings is 1. The van der Waals surface area contributed by atoms with Crippen molar-refractivity contribution in [2.24, 2.45) is 7.05 Å². The molecule has 2 saturated heterocycles. The number of benzene rings is 1. The number of imide groups is 1. The van der Waals surface area contributed by atoms with Gasteiger partial charge in [-0.2, -0.15) is 0 Å². The summed E-state index contributed by atoms with van der Waals surface area (Å²) in [5.41, 5.74) is 2.31. The summed E-state index contributed by atoms with van der Waals surface area (Å²) in [6.07, 6.45) is 3.40. The third-order valence-electron chi connectivity index (χ3n) is 7.09. The van der Waals surface area contributed by atoms with E-state index < -0.39 is 18.0 Å². The monoisotopic (exact) mass is 501 g/mol. The molecule has 0 radical (unpaired) electrons. The first-order valence-electron chi connectivity index (χ1n) is 12.7. The molecule has 11 heteroatoms. The first kappa shape index (κ1) is 25.9. The number of nitrogens with one attached hydrogen (secondary N) is 1. The zero-order chi connectivity index (χ0) is 25.7. The molecule has 0 aliphatic carbocycles. The first-order chi connectivity index (χ1) is 17.3. The lowest BCUT2D eigenvalue weighted by Crippen LogP contribution is -2.48. The van der Waals surface area contributed by atoms with Crippen LogP contribution in [0.3, 0.4) is 0 Å². The Kier molecular flexibility index (Phi) is 8.42. The molecule has 1 unspecified atom stereocenters. The van der Waals surface area contributed by atoms with Gasteiger partial charge in [-0.05, 0) is 56.3 Å². The summed E-state index contributed by atoms with van der Waals surface area (Å²) < 4.78 is 8.84. The molecule has 2 aliphatic heterocycles. The number of aryl methyl sites for hydroxylation is 2. The molecule has 1 aromatic heterocycles. The lowest BCUT2D eigenvalue weighted by atomic mass is 10.1. The van der Waals surface area contributed by atoms with Crippen molar-refractivity contribution in [3.8, 4) is 0 Å². The Hall–Kier alpha value is -3.18. The molecule has 2 aliphatic rings. The summed E-state index contributed by atoms with van der Waals surface area (Å²) in [5, 5.41) is 11.3. The van der Waals surface area contributed by atoms with E-state index in [2.05, 4.69) is 10.2 Å². The van der Waals surface area contributed by atoms with Crippen LogP contribution in [0.1, 0.15) is 43.7 Å². The number of hydrogen-bond donors (Lipinski definition) is 2. The quantitative estimate of drug-likeness (QED) is 0.372. The largest absolute Gasteiger partial charge is 0.465 e. The van der Waals surface area contributed by atoms with Crippen molar-refractivity contribution in [3.05, 3.63) is 34.2 Å². The Balaban J connectivity index is 1.19. The van der Waals surface area contributed by atoms with Crippen LogP contribution >= 0.6 is 0 Å². The van der Waals surface area contributed by atoms with E-state index in [9.17, 15) is 19.2 Å². The molecular formula is C25H35N5O6. The molecule has 36 heavy (non-hydrogen) atoms. The standard InChI is InChI=1S/C25H35N5O6/c1-27-21-17-18(6-7-19(21)30(24(27)33)20-8-9-22(31)26-23(20)32)5-4-16-36-15-3-2-10-28-11-13-29(14-12-28)25(34)35/h6-7,17,20H,2-5,8-16H2,1H3,(H,34,35)(H,26,31,32). The second kappa shape index (κ2) is 11.7. The second-order valence-electron chi connectivity index (χ2n) is 9.54. The Morgan fingerprint density at radius 2 is 1.81 bits per heavy atom. The molecule has 1 aromatic carbocycles. The molecule has 4 rings (SSSR count). The van der Waals surface area contributed by atoms with E-state index in [4.69, 9.17) is 9.84 Å². The minimum Gasteiger partial charge on any atom is -0.465 e. The van der Waals surface area contributed by atoms with E-state index in [1.807, 2.05) is 18.2 Å². The van der Waals surface area contributed by atoms with E-state index in [0.29, 0.717) is 38.2 Å². The number of carbonyl (C=O) groups is 3. The highest BCUT2D eigenvalue weighted by Crippen LogP contribution is 2.24. The van der Waals surface area contributed by atoms with Crippen LogP contribution in [0.5, 0.6) is 0 Å². The fraction of sp³-hybridized carbons (Fsp3) is 0.600. The van der Waals surface area contributed by atoms with Gasteiger partial charge in [0.1, 0.15) is 6.04 Å². The molecule has 2 N–H and O–H groups in total. The number of carbonyl (C=O) groups excluding carboxylic acids is 2. The summed E-state index contributed by atoms with van der Waals surface area (Å²) in [4.78, 5) is 51.4. The van der Waals surface area contributed by atoms with Crippen LogP contribution in [-0.2, 0) is 27.8 Å². The molecular weight excluding hydrogens is 466 g/mol. The van der Waals surface area contributed by atoms with Crippen LogP contribution < -0.4 is 11.0 Å². The lowest BCUT2D eigenvalue weighted by Gasteiger charge is -2.33. The van der Waals surface area contributed by atoms with Gasteiger partial charge in [0, 0.05) is 52.9 Å². The van der Waals surface area contributed by atoms with E-state index in [0.717, 1.165) is 56.4 Å². The Morgan fingerprint density at radius 1 is 1.06 bits per heavy atom. The van der Waals surface area contributed by atoms with Crippen molar-refractivity contribution in [2.75, 3.05) is 45.9 Å². The fourth-order valence-electron chi connectivity index (χ4n) is 4.98. The van der Waals surface area contributed by atoms with Crippen LogP contribution in [0.2, 0.25) is 0 Å². The summed E-state index contributed by atoms with van der Waals surface area (Å²) in [7, 11) is 1.70. The summed E-state index contributed by atoms with van der Waals surface area (Å²) >= 11 is 0. The molecule has 0 bridgehead atoms. The molecule has 0 spiro atoms. The Labute approximate surface area is 209 Å². The van der Waals surface area contributed by atoms with Gasteiger partial charge in [0.2, 0.25) is 11.8 Å². The predicted molar refractivity (Wildman–Crippen MR) is 133 cm³/mol. The van der Waals surface area contributed by atoms with Crippen molar-refractivity contribution in [2.45, 2.75) is 44.6 Å². The maximum Gasteiger partial charge on any atom is 0.407 e. The molecule has 2 aromatic rings. The third-order valence-corrected chi connectivity index (χ3v) is 7.09. The summed E-state index contributed by atoms with van der Waals surface area (Å²) in [6, 6.07) is 5.18. The highest BCUT2D eigenvalue weighted by Gasteiger charge is 2.31. The number of piperidine rings is 1. The van der Waals surface area contributed by atoms with Crippen molar-refractivity contribution < 1.29 is 24.2 Å².